The first-order valence-corrected chi connectivity index (χ1v) is 29.0. The van der Waals surface area contributed by atoms with Gasteiger partial charge < -0.3 is 28.6 Å². The maximum Gasteiger partial charge on any atom is 0.306 e. The summed E-state index contributed by atoms with van der Waals surface area (Å²) >= 11 is 0. The second kappa shape index (κ2) is 50.9. The van der Waals surface area contributed by atoms with E-state index in [9.17, 15) is 19.5 Å². The Morgan fingerprint density at radius 1 is 0.456 bits per heavy atom. The highest BCUT2D eigenvalue weighted by atomic mass is 16.6. The minimum absolute atomic E-state index is 0.0447. The lowest BCUT2D eigenvalue weighted by Crippen LogP contribution is -2.55. The number of nitrogens with zero attached hydrogens (tertiary/aromatic N) is 1. The van der Waals surface area contributed by atoms with Gasteiger partial charge >= 0.3 is 11.9 Å². The van der Waals surface area contributed by atoms with E-state index >= 15 is 0 Å². The van der Waals surface area contributed by atoms with Crippen molar-refractivity contribution in [1.82, 2.24) is 0 Å². The van der Waals surface area contributed by atoms with E-state index < -0.39 is 18.1 Å². The molecule has 8 nitrogen and oxygen atoms in total. The van der Waals surface area contributed by atoms with Crippen molar-refractivity contribution in [2.45, 2.75) is 289 Å². The summed E-state index contributed by atoms with van der Waals surface area (Å²) in [5, 5.41) is 11.7. The fourth-order valence-electron chi connectivity index (χ4n) is 8.85. The number of carbonyl (C=O) groups is 3. The van der Waals surface area contributed by atoms with Crippen molar-refractivity contribution >= 4 is 17.9 Å². The molecular formula is C60H111NO7. The van der Waals surface area contributed by atoms with Crippen LogP contribution in [0.5, 0.6) is 0 Å². The molecule has 2 unspecified atom stereocenters. The molecule has 0 fully saturated rings. The second-order valence-corrected chi connectivity index (χ2v) is 20.9. The van der Waals surface area contributed by atoms with Crippen LogP contribution in [0.1, 0.15) is 277 Å². The van der Waals surface area contributed by atoms with Crippen LogP contribution in [0.15, 0.2) is 36.5 Å². The van der Waals surface area contributed by atoms with Gasteiger partial charge in [-0.25, -0.2) is 0 Å². The fraction of sp³-hybridized carbons (Fsp3) is 0.850. The van der Waals surface area contributed by atoms with Gasteiger partial charge in [0, 0.05) is 19.3 Å². The lowest BCUT2D eigenvalue weighted by molar-refractivity contribution is -0.889. The van der Waals surface area contributed by atoms with Crippen LogP contribution in [0.3, 0.4) is 0 Å². The highest BCUT2D eigenvalue weighted by Gasteiger charge is 2.25. The van der Waals surface area contributed by atoms with Crippen molar-refractivity contribution in [1.29, 1.82) is 0 Å². The third kappa shape index (κ3) is 48.6. The summed E-state index contributed by atoms with van der Waals surface area (Å²) in [7, 11) is 5.43. The Bertz CT molecular complexity index is 1210. The summed E-state index contributed by atoms with van der Waals surface area (Å²) in [5.74, 6) is -1.71. The quantitative estimate of drug-likeness (QED) is 0.0259. The number of likely N-dealkylation sites (N-methyl/N-ethyl adjacent to an activating group) is 1. The number of carboxylic acids is 1. The van der Waals surface area contributed by atoms with Gasteiger partial charge in [0.2, 0.25) is 0 Å². The van der Waals surface area contributed by atoms with Gasteiger partial charge in [0.15, 0.2) is 6.10 Å². The number of allylic oxidation sites excluding steroid dienone is 6. The highest BCUT2D eigenvalue weighted by Crippen LogP contribution is 2.17. The molecule has 398 valence electrons. The van der Waals surface area contributed by atoms with E-state index in [-0.39, 0.29) is 42.7 Å². The molecule has 0 saturated heterocycles. The van der Waals surface area contributed by atoms with E-state index in [0.717, 1.165) is 57.8 Å². The van der Waals surface area contributed by atoms with Crippen LogP contribution in [0.25, 0.3) is 0 Å². The molecule has 8 heteroatoms. The van der Waals surface area contributed by atoms with Crippen LogP contribution in [0.4, 0.5) is 0 Å². The molecule has 0 heterocycles. The topological polar surface area (TPSA) is 102 Å². The largest absolute Gasteiger partial charge is 0.544 e. The van der Waals surface area contributed by atoms with Crippen molar-refractivity contribution in [2.24, 2.45) is 0 Å². The highest BCUT2D eigenvalue weighted by molar-refractivity contribution is 5.70. The first-order chi connectivity index (χ1) is 33.1. The van der Waals surface area contributed by atoms with Crippen LogP contribution < -0.4 is 5.11 Å². The standard InChI is InChI=1S/C60H111NO7/c1-6-8-10-12-14-16-18-20-22-24-26-28-29-31-33-35-37-39-41-43-45-47-49-51-59(63)68-56(54-66-53-52-57(60(64)65)61(3,4)5)55-67-58(62)50-48-46-44-42-40-38-36-34-32-30-27-25-23-21-19-17-15-13-11-9-7-2/h8,10,14,16,20,22,56-57H,6-7,9,11-13,15,17-19,21,23-55H2,1-5H3/b10-8+,16-14+,22-20+. The van der Waals surface area contributed by atoms with Crippen molar-refractivity contribution in [3.8, 4) is 0 Å². The average Bonchev–Trinajstić information content (AvgIpc) is 3.30. The fourth-order valence-corrected chi connectivity index (χ4v) is 8.85. The van der Waals surface area contributed by atoms with Gasteiger partial charge in [-0.15, -0.1) is 0 Å². The second-order valence-electron chi connectivity index (χ2n) is 20.9. The van der Waals surface area contributed by atoms with Gasteiger partial charge in [0.1, 0.15) is 12.6 Å². The van der Waals surface area contributed by atoms with Crippen molar-refractivity contribution < 1.29 is 38.2 Å². The molecule has 2 atom stereocenters. The predicted octanol–water partition coefficient (Wildman–Crippen LogP) is 16.0. The molecule has 0 N–H and O–H groups in total. The van der Waals surface area contributed by atoms with Crippen molar-refractivity contribution in [2.75, 3.05) is 41.0 Å². The Morgan fingerprint density at radius 2 is 0.824 bits per heavy atom. The average molecular weight is 959 g/mol. The number of rotatable bonds is 53. The minimum atomic E-state index is -1.12. The SMILES string of the molecule is CC/C=C/C/C=C/C/C=C/CCCCCCCCCCCCCCCC(=O)OC(COCCC(C(=O)[O-])[N+](C)(C)C)COC(=O)CCCCCCCCCCCCCCCCCCCCCCC. The summed E-state index contributed by atoms with van der Waals surface area (Å²) < 4.78 is 17.3. The number of carbonyl (C=O) groups excluding carboxylic acids is 3. The lowest BCUT2D eigenvalue weighted by atomic mass is 10.0. The molecule has 0 aliphatic carbocycles. The van der Waals surface area contributed by atoms with Crippen molar-refractivity contribution in [3.63, 3.8) is 0 Å². The van der Waals surface area contributed by atoms with E-state index in [2.05, 4.69) is 50.3 Å². The molecule has 0 saturated carbocycles. The van der Waals surface area contributed by atoms with Crippen LogP contribution in [0.2, 0.25) is 0 Å². The Balaban J connectivity index is 4.13. The minimum Gasteiger partial charge on any atom is -0.544 e. The summed E-state index contributed by atoms with van der Waals surface area (Å²) in [6, 6.07) is -0.725. The zero-order valence-electron chi connectivity index (χ0n) is 45.5. The summed E-state index contributed by atoms with van der Waals surface area (Å²) in [6.45, 7) is 4.61. The number of hydrogen-bond acceptors (Lipinski definition) is 7. The summed E-state index contributed by atoms with van der Waals surface area (Å²) in [5.41, 5.74) is 0. The zero-order valence-corrected chi connectivity index (χ0v) is 45.5. The Labute approximate surface area is 421 Å². The lowest BCUT2D eigenvalue weighted by Gasteiger charge is -2.34. The van der Waals surface area contributed by atoms with Gasteiger partial charge in [-0.3, -0.25) is 9.59 Å². The Morgan fingerprint density at radius 3 is 1.22 bits per heavy atom. The van der Waals surface area contributed by atoms with E-state index in [4.69, 9.17) is 14.2 Å². The first-order valence-electron chi connectivity index (χ1n) is 29.0. The molecule has 0 aliphatic rings. The van der Waals surface area contributed by atoms with E-state index in [1.807, 2.05) is 21.1 Å². The molecule has 0 radical (unpaired) electrons. The van der Waals surface area contributed by atoms with Gasteiger partial charge in [0.05, 0.1) is 40.3 Å². The molecule has 0 aromatic heterocycles. The molecule has 0 aliphatic heterocycles. The third-order valence-electron chi connectivity index (χ3n) is 13.3. The smallest absolute Gasteiger partial charge is 0.306 e. The molecule has 0 amide bonds. The molecule has 0 bridgehead atoms. The Hall–Kier alpha value is -2.45. The molecule has 0 aromatic carbocycles. The number of quaternary nitrogens is 1. The first kappa shape index (κ1) is 65.5. The van der Waals surface area contributed by atoms with E-state index in [1.54, 1.807) is 0 Å². The number of unbranched alkanes of at least 4 members (excludes halogenated alkanes) is 33. The van der Waals surface area contributed by atoms with E-state index in [0.29, 0.717) is 12.8 Å². The number of hydrogen-bond donors (Lipinski definition) is 0. The maximum atomic E-state index is 12.8. The molecule has 0 rings (SSSR count). The molecule has 68 heavy (non-hydrogen) atoms. The normalized spacial score (nSPS) is 13.0. The zero-order chi connectivity index (χ0) is 49.9. The number of aliphatic carboxylic acids is 1. The van der Waals surface area contributed by atoms with Gasteiger partial charge in [0.25, 0.3) is 0 Å². The van der Waals surface area contributed by atoms with Crippen LogP contribution in [0, 0.1) is 0 Å². The molecular weight excluding hydrogens is 847 g/mol. The summed E-state index contributed by atoms with van der Waals surface area (Å²) in [6.07, 6.45) is 61.9. The number of carboxylic acid groups (broad SMARTS) is 1. The van der Waals surface area contributed by atoms with Crippen LogP contribution >= 0.6 is 0 Å². The Kier molecular flexibility index (Phi) is 49.1. The molecule has 0 aromatic rings. The van der Waals surface area contributed by atoms with Crippen LogP contribution in [-0.2, 0) is 28.6 Å². The number of ether oxygens (including phenoxy) is 3. The van der Waals surface area contributed by atoms with Gasteiger partial charge in [-0.2, -0.15) is 0 Å². The number of esters is 2. The monoisotopic (exact) mass is 958 g/mol. The third-order valence-corrected chi connectivity index (χ3v) is 13.3. The van der Waals surface area contributed by atoms with Crippen LogP contribution in [-0.4, -0.2) is 75.5 Å². The summed E-state index contributed by atoms with van der Waals surface area (Å²) in [4.78, 5) is 37.2. The van der Waals surface area contributed by atoms with E-state index in [1.165, 1.54) is 186 Å². The van der Waals surface area contributed by atoms with Gasteiger partial charge in [-0.05, 0) is 44.9 Å². The maximum absolute atomic E-state index is 12.8. The van der Waals surface area contributed by atoms with Gasteiger partial charge in [-0.1, -0.05) is 249 Å². The predicted molar refractivity (Wildman–Crippen MR) is 287 cm³/mol. The molecule has 0 spiro atoms. The van der Waals surface area contributed by atoms with Crippen molar-refractivity contribution in [3.05, 3.63) is 36.5 Å².